The second-order valence-corrected chi connectivity index (χ2v) is 7.72. The minimum absolute atomic E-state index is 0.108. The molecule has 7 nitrogen and oxygen atoms in total. The van der Waals surface area contributed by atoms with E-state index in [0.29, 0.717) is 17.2 Å². The van der Waals surface area contributed by atoms with Crippen LogP contribution in [0.15, 0.2) is 42.5 Å². The number of hydrogen-bond acceptors (Lipinski definition) is 5. The number of benzene rings is 2. The highest BCUT2D eigenvalue weighted by Crippen LogP contribution is 2.34. The maximum absolute atomic E-state index is 13.8. The Bertz CT molecular complexity index is 933. The quantitative estimate of drug-likeness (QED) is 0.828. The summed E-state index contributed by atoms with van der Waals surface area (Å²) in [7, 11) is -3.72. The second-order valence-electron chi connectivity index (χ2n) is 5.74. The van der Waals surface area contributed by atoms with Crippen LogP contribution in [0, 0.1) is 5.82 Å². The van der Waals surface area contributed by atoms with Crippen LogP contribution in [-0.2, 0) is 21.4 Å². The lowest BCUT2D eigenvalue weighted by Crippen LogP contribution is -2.37. The summed E-state index contributed by atoms with van der Waals surface area (Å²) in [6.07, 6.45) is 0.974. The van der Waals surface area contributed by atoms with E-state index < -0.39 is 28.3 Å². The van der Waals surface area contributed by atoms with Crippen molar-refractivity contribution in [3.63, 3.8) is 0 Å². The van der Waals surface area contributed by atoms with Gasteiger partial charge in [-0.2, -0.15) is 4.31 Å². The number of halogens is 1. The Balaban J connectivity index is 1.70. The monoisotopic (exact) mass is 380 g/mol. The number of amides is 1. The molecule has 0 radical (unpaired) electrons. The highest BCUT2D eigenvalue weighted by atomic mass is 32.2. The van der Waals surface area contributed by atoms with Gasteiger partial charge in [0, 0.05) is 23.9 Å². The SMILES string of the molecule is CS(=O)(=O)N(CC(=O)Nc1ccc2c(c1)OCO2)Cc1ccccc1F. The topological polar surface area (TPSA) is 84.9 Å². The molecule has 0 saturated heterocycles. The van der Waals surface area contributed by atoms with Crippen LogP contribution in [0.25, 0.3) is 0 Å². The molecule has 2 aromatic carbocycles. The van der Waals surface area contributed by atoms with Crippen molar-refractivity contribution in [1.82, 2.24) is 4.31 Å². The number of ether oxygens (including phenoxy) is 2. The number of fused-ring (bicyclic) bond motifs is 1. The molecule has 1 aliphatic heterocycles. The molecule has 1 N–H and O–H groups in total. The first kappa shape index (κ1) is 18.2. The molecule has 3 rings (SSSR count). The van der Waals surface area contributed by atoms with Gasteiger partial charge in [0.05, 0.1) is 12.8 Å². The molecule has 0 spiro atoms. The number of nitrogens with one attached hydrogen (secondary N) is 1. The van der Waals surface area contributed by atoms with Gasteiger partial charge in [-0.05, 0) is 18.2 Å². The van der Waals surface area contributed by atoms with E-state index in [1.807, 2.05) is 0 Å². The molecular formula is C17H17FN2O5S. The van der Waals surface area contributed by atoms with E-state index >= 15 is 0 Å². The van der Waals surface area contributed by atoms with Crippen LogP contribution in [0.5, 0.6) is 11.5 Å². The number of carbonyl (C=O) groups is 1. The highest BCUT2D eigenvalue weighted by molar-refractivity contribution is 7.88. The summed E-state index contributed by atoms with van der Waals surface area (Å²) in [6, 6.07) is 10.7. The van der Waals surface area contributed by atoms with Gasteiger partial charge >= 0.3 is 0 Å². The van der Waals surface area contributed by atoms with Crippen molar-refractivity contribution in [1.29, 1.82) is 0 Å². The number of nitrogens with zero attached hydrogens (tertiary/aromatic N) is 1. The Morgan fingerprint density at radius 3 is 2.65 bits per heavy atom. The van der Waals surface area contributed by atoms with Crippen LogP contribution in [-0.4, -0.2) is 38.2 Å². The first-order chi connectivity index (χ1) is 12.3. The molecule has 1 aliphatic rings. The third-order valence-corrected chi connectivity index (χ3v) is 4.95. The Hall–Kier alpha value is -2.65. The van der Waals surface area contributed by atoms with Gasteiger partial charge in [-0.3, -0.25) is 4.79 Å². The maximum atomic E-state index is 13.8. The summed E-state index contributed by atoms with van der Waals surface area (Å²) >= 11 is 0. The van der Waals surface area contributed by atoms with Crippen molar-refractivity contribution in [2.45, 2.75) is 6.54 Å². The molecule has 138 valence electrons. The molecule has 9 heteroatoms. The third-order valence-electron chi connectivity index (χ3n) is 3.75. The van der Waals surface area contributed by atoms with E-state index in [-0.39, 0.29) is 18.9 Å². The molecule has 1 heterocycles. The molecule has 0 saturated carbocycles. The first-order valence-electron chi connectivity index (χ1n) is 7.71. The van der Waals surface area contributed by atoms with Gasteiger partial charge in [-0.15, -0.1) is 0 Å². The Kier molecular flexibility index (Phi) is 5.10. The molecule has 0 bridgehead atoms. The fraction of sp³-hybridized carbons (Fsp3) is 0.235. The van der Waals surface area contributed by atoms with Crippen molar-refractivity contribution in [2.24, 2.45) is 0 Å². The van der Waals surface area contributed by atoms with Gasteiger partial charge in [0.1, 0.15) is 5.82 Å². The lowest BCUT2D eigenvalue weighted by Gasteiger charge is -2.20. The van der Waals surface area contributed by atoms with Crippen molar-refractivity contribution in [2.75, 3.05) is 24.9 Å². The molecule has 0 fully saturated rings. The maximum Gasteiger partial charge on any atom is 0.239 e. The standard InChI is InChI=1S/C17H17FN2O5S/c1-26(22,23)20(9-12-4-2-3-5-14(12)18)10-17(21)19-13-6-7-15-16(8-13)25-11-24-15/h2-8H,9-11H2,1H3,(H,19,21). The summed E-state index contributed by atoms with van der Waals surface area (Å²) in [4.78, 5) is 12.3. The summed E-state index contributed by atoms with van der Waals surface area (Å²) in [6.45, 7) is -0.571. The van der Waals surface area contributed by atoms with Crippen LogP contribution in [0.1, 0.15) is 5.56 Å². The average Bonchev–Trinajstić information content (AvgIpc) is 3.03. The van der Waals surface area contributed by atoms with Crippen LogP contribution in [0.3, 0.4) is 0 Å². The molecule has 0 aromatic heterocycles. The van der Waals surface area contributed by atoms with Crippen LogP contribution in [0.4, 0.5) is 10.1 Å². The largest absolute Gasteiger partial charge is 0.454 e. The van der Waals surface area contributed by atoms with E-state index in [1.165, 1.54) is 18.2 Å². The molecule has 1 amide bonds. The highest BCUT2D eigenvalue weighted by Gasteiger charge is 2.22. The van der Waals surface area contributed by atoms with E-state index in [9.17, 15) is 17.6 Å². The Morgan fingerprint density at radius 2 is 1.92 bits per heavy atom. The molecule has 0 aliphatic carbocycles. The van der Waals surface area contributed by atoms with Gasteiger partial charge in [-0.1, -0.05) is 18.2 Å². The van der Waals surface area contributed by atoms with Crippen molar-refractivity contribution >= 4 is 21.6 Å². The molecular weight excluding hydrogens is 363 g/mol. The number of anilines is 1. The van der Waals surface area contributed by atoms with Crippen LogP contribution >= 0.6 is 0 Å². The molecule has 0 unspecified atom stereocenters. The number of hydrogen-bond donors (Lipinski definition) is 1. The predicted molar refractivity (Wildman–Crippen MR) is 92.8 cm³/mol. The minimum Gasteiger partial charge on any atom is -0.454 e. The molecule has 26 heavy (non-hydrogen) atoms. The van der Waals surface area contributed by atoms with Crippen molar-refractivity contribution < 1.29 is 27.1 Å². The van der Waals surface area contributed by atoms with Gasteiger partial charge in [0.25, 0.3) is 0 Å². The Labute approximate surface area is 150 Å². The van der Waals surface area contributed by atoms with E-state index in [4.69, 9.17) is 9.47 Å². The van der Waals surface area contributed by atoms with Gasteiger partial charge in [0.15, 0.2) is 11.5 Å². The van der Waals surface area contributed by atoms with E-state index in [0.717, 1.165) is 10.6 Å². The average molecular weight is 380 g/mol. The van der Waals surface area contributed by atoms with Gasteiger partial charge < -0.3 is 14.8 Å². The lowest BCUT2D eigenvalue weighted by molar-refractivity contribution is -0.116. The zero-order chi connectivity index (χ0) is 18.7. The predicted octanol–water partition coefficient (Wildman–Crippen LogP) is 1.95. The molecule has 0 atom stereocenters. The summed E-state index contributed by atoms with van der Waals surface area (Å²) in [5, 5.41) is 2.60. The fourth-order valence-electron chi connectivity index (χ4n) is 2.44. The van der Waals surface area contributed by atoms with Gasteiger partial charge in [0.2, 0.25) is 22.7 Å². The van der Waals surface area contributed by atoms with Crippen LogP contribution < -0.4 is 14.8 Å². The van der Waals surface area contributed by atoms with Crippen molar-refractivity contribution in [3.05, 3.63) is 53.8 Å². The van der Waals surface area contributed by atoms with E-state index in [2.05, 4.69) is 5.32 Å². The summed E-state index contributed by atoms with van der Waals surface area (Å²) < 4.78 is 49.1. The summed E-state index contributed by atoms with van der Waals surface area (Å²) in [5.74, 6) is -0.0163. The van der Waals surface area contributed by atoms with E-state index in [1.54, 1.807) is 24.3 Å². The van der Waals surface area contributed by atoms with Crippen LogP contribution in [0.2, 0.25) is 0 Å². The number of sulfonamides is 1. The molecule has 2 aromatic rings. The zero-order valence-electron chi connectivity index (χ0n) is 13.9. The number of rotatable bonds is 6. The second kappa shape index (κ2) is 7.30. The first-order valence-corrected chi connectivity index (χ1v) is 9.56. The normalized spacial score (nSPS) is 13.0. The smallest absolute Gasteiger partial charge is 0.239 e. The summed E-state index contributed by atoms with van der Waals surface area (Å²) in [5.41, 5.74) is 0.632. The minimum atomic E-state index is -3.72. The zero-order valence-corrected chi connectivity index (χ0v) is 14.8. The van der Waals surface area contributed by atoms with Gasteiger partial charge in [-0.25, -0.2) is 12.8 Å². The van der Waals surface area contributed by atoms with Crippen molar-refractivity contribution in [3.8, 4) is 11.5 Å². The fourth-order valence-corrected chi connectivity index (χ4v) is 3.17. The third kappa shape index (κ3) is 4.30. The number of carbonyl (C=O) groups excluding carboxylic acids is 1. The lowest BCUT2D eigenvalue weighted by atomic mass is 10.2. The Morgan fingerprint density at radius 1 is 1.19 bits per heavy atom.